The number of rotatable bonds is 6. The smallest absolute Gasteiger partial charge is 0.340 e. The van der Waals surface area contributed by atoms with Crippen LogP contribution < -0.4 is 20.1 Å². The van der Waals surface area contributed by atoms with E-state index in [2.05, 4.69) is 10.6 Å². The fraction of sp³-hybridized carbons (Fsp3) is 0.211. The van der Waals surface area contributed by atoms with Gasteiger partial charge in [0.15, 0.2) is 11.5 Å². The molecule has 2 amide bonds. The number of fused-ring (bicyclic) bond motifs is 1. The van der Waals surface area contributed by atoms with E-state index in [0.717, 1.165) is 0 Å². The van der Waals surface area contributed by atoms with Crippen LogP contribution in [0.25, 0.3) is 0 Å². The minimum atomic E-state index is -0.551. The summed E-state index contributed by atoms with van der Waals surface area (Å²) >= 11 is 0. The van der Waals surface area contributed by atoms with E-state index in [1.54, 1.807) is 49.4 Å². The molecule has 27 heavy (non-hydrogen) atoms. The first kappa shape index (κ1) is 18.2. The summed E-state index contributed by atoms with van der Waals surface area (Å²) in [7, 11) is 0. The number of esters is 1. The molecule has 1 aliphatic heterocycles. The summed E-state index contributed by atoms with van der Waals surface area (Å²) in [6, 6.07) is 11.4. The monoisotopic (exact) mass is 370 g/mol. The summed E-state index contributed by atoms with van der Waals surface area (Å²) in [5.74, 6) is -0.467. The van der Waals surface area contributed by atoms with Gasteiger partial charge in [0, 0.05) is 11.8 Å². The highest BCUT2D eigenvalue weighted by Crippen LogP contribution is 2.34. The first-order chi connectivity index (χ1) is 13.1. The zero-order valence-electron chi connectivity index (χ0n) is 14.6. The fourth-order valence-corrected chi connectivity index (χ4v) is 2.50. The van der Waals surface area contributed by atoms with Crippen LogP contribution >= 0.6 is 0 Å². The van der Waals surface area contributed by atoms with Gasteiger partial charge in [-0.3, -0.25) is 9.59 Å². The molecule has 0 unspecified atom stereocenters. The first-order valence-electron chi connectivity index (χ1n) is 8.32. The van der Waals surface area contributed by atoms with Crippen molar-refractivity contribution in [3.8, 4) is 11.5 Å². The molecular weight excluding hydrogens is 352 g/mol. The zero-order chi connectivity index (χ0) is 19.2. The second kappa shape index (κ2) is 8.22. The lowest BCUT2D eigenvalue weighted by molar-refractivity contribution is -0.123. The van der Waals surface area contributed by atoms with Gasteiger partial charge in [0.1, 0.15) is 6.42 Å². The third-order valence-corrected chi connectivity index (χ3v) is 3.67. The average Bonchev–Trinajstić information content (AvgIpc) is 3.10. The number of nitrogens with one attached hydrogen (secondary N) is 2. The maximum absolute atomic E-state index is 12.2. The Morgan fingerprint density at radius 3 is 2.56 bits per heavy atom. The van der Waals surface area contributed by atoms with E-state index in [-0.39, 0.29) is 24.7 Å². The van der Waals surface area contributed by atoms with Crippen LogP contribution in [-0.4, -0.2) is 31.2 Å². The van der Waals surface area contributed by atoms with Gasteiger partial charge in [-0.25, -0.2) is 4.79 Å². The van der Waals surface area contributed by atoms with Gasteiger partial charge in [0.2, 0.25) is 18.6 Å². The highest BCUT2D eigenvalue weighted by molar-refractivity contribution is 6.10. The molecule has 0 aliphatic carbocycles. The predicted octanol–water partition coefficient (Wildman–Crippen LogP) is 2.56. The summed E-state index contributed by atoms with van der Waals surface area (Å²) in [5, 5.41) is 5.18. The number of carbonyl (C=O) groups is 3. The highest BCUT2D eigenvalue weighted by atomic mass is 16.7. The number of amides is 2. The second-order valence-corrected chi connectivity index (χ2v) is 5.61. The van der Waals surface area contributed by atoms with Crippen molar-refractivity contribution in [2.75, 3.05) is 24.0 Å². The van der Waals surface area contributed by atoms with Crippen molar-refractivity contribution in [2.24, 2.45) is 0 Å². The summed E-state index contributed by atoms with van der Waals surface area (Å²) < 4.78 is 15.4. The SMILES string of the molecule is CCOC(=O)c1ccccc1NC(=O)CC(=O)Nc1ccc2c(c1)OCO2. The lowest BCUT2D eigenvalue weighted by Crippen LogP contribution is -2.22. The Hall–Kier alpha value is -3.55. The van der Waals surface area contributed by atoms with Crippen LogP contribution in [0, 0.1) is 0 Å². The molecule has 0 atom stereocenters. The molecule has 0 aromatic heterocycles. The lowest BCUT2D eigenvalue weighted by atomic mass is 10.1. The minimum Gasteiger partial charge on any atom is -0.462 e. The quantitative estimate of drug-likeness (QED) is 0.598. The number of anilines is 2. The summed E-state index contributed by atoms with van der Waals surface area (Å²) in [6.45, 7) is 2.05. The molecule has 0 saturated heterocycles. The third-order valence-electron chi connectivity index (χ3n) is 3.67. The summed E-state index contributed by atoms with van der Waals surface area (Å²) in [6.07, 6.45) is -0.411. The molecule has 0 radical (unpaired) electrons. The van der Waals surface area contributed by atoms with Gasteiger partial charge in [-0.05, 0) is 31.2 Å². The van der Waals surface area contributed by atoms with Crippen molar-refractivity contribution < 1.29 is 28.6 Å². The largest absolute Gasteiger partial charge is 0.462 e. The summed E-state index contributed by atoms with van der Waals surface area (Å²) in [4.78, 5) is 36.2. The van der Waals surface area contributed by atoms with E-state index in [9.17, 15) is 14.4 Å². The van der Waals surface area contributed by atoms with E-state index < -0.39 is 24.2 Å². The van der Waals surface area contributed by atoms with Crippen LogP contribution in [0.4, 0.5) is 11.4 Å². The molecule has 140 valence electrons. The van der Waals surface area contributed by atoms with Crippen molar-refractivity contribution in [1.82, 2.24) is 0 Å². The Balaban J connectivity index is 1.59. The molecule has 0 fully saturated rings. The number of benzene rings is 2. The second-order valence-electron chi connectivity index (χ2n) is 5.61. The van der Waals surface area contributed by atoms with Gasteiger partial charge in [0.05, 0.1) is 17.9 Å². The Morgan fingerprint density at radius 1 is 1.00 bits per heavy atom. The molecule has 0 spiro atoms. The van der Waals surface area contributed by atoms with Gasteiger partial charge in [-0.1, -0.05) is 12.1 Å². The van der Waals surface area contributed by atoms with Crippen molar-refractivity contribution in [3.05, 3.63) is 48.0 Å². The number of hydrogen-bond donors (Lipinski definition) is 2. The summed E-state index contributed by atoms with van der Waals surface area (Å²) in [5.41, 5.74) is 1.00. The van der Waals surface area contributed by atoms with Crippen LogP contribution in [0.5, 0.6) is 11.5 Å². The predicted molar refractivity (Wildman–Crippen MR) is 96.8 cm³/mol. The van der Waals surface area contributed by atoms with E-state index in [1.165, 1.54) is 0 Å². The molecule has 2 aromatic rings. The third kappa shape index (κ3) is 4.55. The molecule has 8 heteroatoms. The van der Waals surface area contributed by atoms with Crippen molar-refractivity contribution in [1.29, 1.82) is 0 Å². The van der Waals surface area contributed by atoms with Gasteiger partial charge < -0.3 is 24.8 Å². The van der Waals surface area contributed by atoms with E-state index >= 15 is 0 Å². The van der Waals surface area contributed by atoms with Gasteiger partial charge >= 0.3 is 5.97 Å². The van der Waals surface area contributed by atoms with Crippen LogP contribution in [0.2, 0.25) is 0 Å². The Labute approximate surface area is 155 Å². The maximum atomic E-state index is 12.2. The van der Waals surface area contributed by atoms with Crippen molar-refractivity contribution in [2.45, 2.75) is 13.3 Å². The van der Waals surface area contributed by atoms with Crippen molar-refractivity contribution in [3.63, 3.8) is 0 Å². The molecule has 3 rings (SSSR count). The number of hydrogen-bond acceptors (Lipinski definition) is 6. The topological polar surface area (TPSA) is 103 Å². The normalized spacial score (nSPS) is 11.6. The van der Waals surface area contributed by atoms with E-state index in [0.29, 0.717) is 17.2 Å². The van der Waals surface area contributed by atoms with Gasteiger partial charge in [-0.2, -0.15) is 0 Å². The van der Waals surface area contributed by atoms with Crippen LogP contribution in [0.1, 0.15) is 23.7 Å². The van der Waals surface area contributed by atoms with Gasteiger partial charge in [-0.15, -0.1) is 0 Å². The maximum Gasteiger partial charge on any atom is 0.340 e. The molecule has 1 aliphatic rings. The molecule has 0 bridgehead atoms. The molecule has 2 aromatic carbocycles. The lowest BCUT2D eigenvalue weighted by Gasteiger charge is -2.10. The number of para-hydroxylation sites is 1. The number of carbonyl (C=O) groups excluding carboxylic acids is 3. The first-order valence-corrected chi connectivity index (χ1v) is 8.32. The van der Waals surface area contributed by atoms with E-state index in [4.69, 9.17) is 14.2 Å². The molecular formula is C19H18N2O6. The van der Waals surface area contributed by atoms with Crippen LogP contribution in [0.15, 0.2) is 42.5 Å². The molecule has 1 heterocycles. The van der Waals surface area contributed by atoms with Crippen LogP contribution in [-0.2, 0) is 14.3 Å². The Morgan fingerprint density at radius 2 is 1.74 bits per heavy atom. The van der Waals surface area contributed by atoms with Crippen LogP contribution in [0.3, 0.4) is 0 Å². The zero-order valence-corrected chi connectivity index (χ0v) is 14.6. The van der Waals surface area contributed by atoms with Gasteiger partial charge in [0.25, 0.3) is 0 Å². The molecule has 8 nitrogen and oxygen atoms in total. The van der Waals surface area contributed by atoms with E-state index in [1.807, 2.05) is 0 Å². The number of ether oxygens (including phenoxy) is 3. The van der Waals surface area contributed by atoms with Crippen molar-refractivity contribution >= 4 is 29.2 Å². The minimum absolute atomic E-state index is 0.134. The molecule has 0 saturated carbocycles. The fourth-order valence-electron chi connectivity index (χ4n) is 2.50. The Bertz CT molecular complexity index is 880. The molecule has 2 N–H and O–H groups in total. The average molecular weight is 370 g/mol. The Kier molecular flexibility index (Phi) is 5.55. The highest BCUT2D eigenvalue weighted by Gasteiger charge is 2.17. The standard InChI is InChI=1S/C19H18N2O6/c1-2-25-19(24)13-5-3-4-6-14(13)21-18(23)10-17(22)20-12-7-8-15-16(9-12)27-11-26-15/h3-9H,2,10-11H2,1H3,(H,20,22)(H,21,23).